The number of amides is 3. The zero-order chi connectivity index (χ0) is 42.3. The number of anilines is 5. The fourth-order valence-electron chi connectivity index (χ4n) is 6.85. The standard InChI is InChI=1S/C44H53N7O7S/c1-43(2,3)28-23-35(40(56-7)36(24-28)50-59(8)54)49-42(53)48-34-15-16-37(32-12-10-9-11-31(32)34)58-30-17-18-45-39(26-30)47-29-13-14-33(38(25-29)55-6)41(52)46-19-20-51-21-22-57-44(4,5)27-51/h9-18,23-26,50H,19-22,27H2,1-8H3,(H,45,47)(H,46,52)(H2,48,49,53). The van der Waals surface area contributed by atoms with Crippen molar-refractivity contribution in [3.05, 3.63) is 96.2 Å². The van der Waals surface area contributed by atoms with Crippen LogP contribution in [0.15, 0.2) is 85.1 Å². The number of fused-ring (bicyclic) bond motifs is 1. The van der Waals surface area contributed by atoms with Crippen molar-refractivity contribution < 1.29 is 32.7 Å². The minimum Gasteiger partial charge on any atom is -0.496 e. The summed E-state index contributed by atoms with van der Waals surface area (Å²) in [6, 6.07) is 23.2. The van der Waals surface area contributed by atoms with E-state index in [1.807, 2.05) is 36.4 Å². The SMILES string of the molecule is COc1cc(Nc2cc(Oc3ccc(NC(=O)Nc4cc(C(C)(C)C)cc(NS(C)=O)c4OC)c4ccccc34)ccn2)ccc1C(=O)NCCN1CCOC(C)(C)C1. The molecule has 1 aromatic heterocycles. The number of benzene rings is 4. The van der Waals surface area contributed by atoms with E-state index in [9.17, 15) is 13.8 Å². The second kappa shape index (κ2) is 18.4. The first-order valence-corrected chi connectivity index (χ1v) is 20.8. The lowest BCUT2D eigenvalue weighted by molar-refractivity contribution is -0.0853. The van der Waals surface area contributed by atoms with E-state index in [0.29, 0.717) is 70.3 Å². The number of urea groups is 1. The zero-order valence-electron chi connectivity index (χ0n) is 34.8. The van der Waals surface area contributed by atoms with Crippen molar-refractivity contribution in [3.63, 3.8) is 0 Å². The molecule has 1 saturated heterocycles. The second-order valence-corrected chi connectivity index (χ2v) is 16.9. The summed E-state index contributed by atoms with van der Waals surface area (Å²) in [5, 5.41) is 13.7. The first kappa shape index (κ1) is 42.7. The minimum atomic E-state index is -1.36. The van der Waals surface area contributed by atoms with Gasteiger partial charge in [-0.05, 0) is 67.3 Å². The number of nitrogens with zero attached hydrogens (tertiary/aromatic N) is 2. The van der Waals surface area contributed by atoms with E-state index in [0.717, 1.165) is 36.0 Å². The summed E-state index contributed by atoms with van der Waals surface area (Å²) in [6.07, 6.45) is 3.17. The van der Waals surface area contributed by atoms with Crippen LogP contribution >= 0.6 is 0 Å². The molecule has 0 aliphatic carbocycles. The van der Waals surface area contributed by atoms with Gasteiger partial charge in [0.05, 0.1) is 49.1 Å². The van der Waals surface area contributed by atoms with E-state index in [1.165, 1.54) is 20.5 Å². The third-order valence-electron chi connectivity index (χ3n) is 9.69. The fraction of sp³-hybridized carbons (Fsp3) is 0.341. The van der Waals surface area contributed by atoms with Gasteiger partial charge in [0.25, 0.3) is 5.91 Å². The molecule has 3 amide bonds. The fourth-order valence-corrected chi connectivity index (χ4v) is 7.31. The summed E-state index contributed by atoms with van der Waals surface area (Å²) in [7, 11) is 1.67. The van der Waals surface area contributed by atoms with Gasteiger partial charge in [-0.1, -0.05) is 45.0 Å². The first-order valence-electron chi connectivity index (χ1n) is 19.3. The Morgan fingerprint density at radius 1 is 0.898 bits per heavy atom. The summed E-state index contributed by atoms with van der Waals surface area (Å²) >= 11 is 0. The third kappa shape index (κ3) is 11.0. The molecule has 312 valence electrons. The lowest BCUT2D eigenvalue weighted by Gasteiger charge is -2.38. The number of carbonyl (C=O) groups excluding carboxylic acids is 2. The molecular weight excluding hydrogens is 771 g/mol. The quantitative estimate of drug-likeness (QED) is 0.0737. The van der Waals surface area contributed by atoms with Gasteiger partial charge in [0.15, 0.2) is 5.75 Å². The van der Waals surface area contributed by atoms with Gasteiger partial charge in [-0.2, -0.15) is 0 Å². The van der Waals surface area contributed by atoms with E-state index in [-0.39, 0.29) is 16.9 Å². The minimum absolute atomic E-state index is 0.200. The molecule has 1 aliphatic rings. The maximum Gasteiger partial charge on any atom is 0.323 e. The topological polar surface area (TPSA) is 164 Å². The first-order chi connectivity index (χ1) is 28.1. The summed E-state index contributed by atoms with van der Waals surface area (Å²) < 4.78 is 38.5. The molecule has 0 bridgehead atoms. The highest BCUT2D eigenvalue weighted by Gasteiger charge is 2.27. The second-order valence-electron chi connectivity index (χ2n) is 15.8. The highest BCUT2D eigenvalue weighted by Crippen LogP contribution is 2.40. The number of morpholine rings is 1. The molecule has 5 aromatic rings. The maximum absolute atomic E-state index is 13.5. The Hall–Kier alpha value is -5.90. The Morgan fingerprint density at radius 2 is 1.64 bits per heavy atom. The number of hydrogen-bond donors (Lipinski definition) is 5. The number of aromatic nitrogens is 1. The van der Waals surface area contributed by atoms with Crippen molar-refractivity contribution in [2.45, 2.75) is 45.6 Å². The number of nitrogens with one attached hydrogen (secondary N) is 5. The van der Waals surface area contributed by atoms with Crippen LogP contribution < -0.4 is 40.2 Å². The van der Waals surface area contributed by atoms with Gasteiger partial charge in [-0.15, -0.1) is 0 Å². The summed E-state index contributed by atoms with van der Waals surface area (Å²) in [5.41, 5.74) is 3.06. The molecule has 0 radical (unpaired) electrons. The predicted molar refractivity (Wildman–Crippen MR) is 235 cm³/mol. The number of carbonyl (C=O) groups is 2. The molecule has 1 aliphatic heterocycles. The van der Waals surface area contributed by atoms with Crippen LogP contribution in [0.2, 0.25) is 0 Å². The molecule has 59 heavy (non-hydrogen) atoms. The van der Waals surface area contributed by atoms with Gasteiger partial charge in [0.1, 0.15) is 34.1 Å². The molecular formula is C44H53N7O7S. The van der Waals surface area contributed by atoms with Crippen molar-refractivity contribution in [2.24, 2.45) is 0 Å². The molecule has 2 heterocycles. The van der Waals surface area contributed by atoms with Gasteiger partial charge < -0.3 is 44.9 Å². The normalized spacial score (nSPS) is 14.5. The summed E-state index contributed by atoms with van der Waals surface area (Å²) in [4.78, 5) is 33.4. The molecule has 0 spiro atoms. The van der Waals surface area contributed by atoms with Gasteiger partial charge in [0.2, 0.25) is 0 Å². The van der Waals surface area contributed by atoms with E-state index >= 15 is 0 Å². The van der Waals surface area contributed by atoms with Gasteiger partial charge >= 0.3 is 6.03 Å². The van der Waals surface area contributed by atoms with E-state index < -0.39 is 17.0 Å². The number of hydrogen-bond acceptors (Lipinski definition) is 10. The molecule has 6 rings (SSSR count). The van der Waals surface area contributed by atoms with Crippen LogP contribution in [-0.4, -0.2) is 84.9 Å². The highest BCUT2D eigenvalue weighted by atomic mass is 32.2. The third-order valence-corrected chi connectivity index (χ3v) is 10.2. The molecule has 1 atom stereocenters. The van der Waals surface area contributed by atoms with Crippen LogP contribution in [0.4, 0.5) is 33.4 Å². The molecule has 1 fully saturated rings. The van der Waals surface area contributed by atoms with E-state index in [4.69, 9.17) is 18.9 Å². The van der Waals surface area contributed by atoms with Gasteiger partial charge in [-0.3, -0.25) is 9.69 Å². The highest BCUT2D eigenvalue weighted by molar-refractivity contribution is 7.85. The van der Waals surface area contributed by atoms with Gasteiger partial charge in [0, 0.05) is 67.2 Å². The van der Waals surface area contributed by atoms with Crippen LogP contribution in [0.5, 0.6) is 23.0 Å². The number of pyridine rings is 1. The Labute approximate surface area is 347 Å². The summed E-state index contributed by atoms with van der Waals surface area (Å²) in [5.74, 6) is 2.19. The van der Waals surface area contributed by atoms with E-state index in [1.54, 1.807) is 48.7 Å². The van der Waals surface area contributed by atoms with Gasteiger partial charge in [-0.25, -0.2) is 14.0 Å². The predicted octanol–water partition coefficient (Wildman–Crippen LogP) is 8.28. The average molecular weight is 824 g/mol. The molecule has 5 N–H and O–H groups in total. The maximum atomic E-state index is 13.5. The van der Waals surface area contributed by atoms with Crippen molar-refractivity contribution in [1.29, 1.82) is 0 Å². The largest absolute Gasteiger partial charge is 0.496 e. The van der Waals surface area contributed by atoms with Crippen molar-refractivity contribution in [3.8, 4) is 23.0 Å². The van der Waals surface area contributed by atoms with Crippen molar-refractivity contribution in [1.82, 2.24) is 15.2 Å². The Morgan fingerprint density at radius 3 is 2.36 bits per heavy atom. The lowest BCUT2D eigenvalue weighted by Crippen LogP contribution is -2.50. The van der Waals surface area contributed by atoms with E-state index in [2.05, 4.69) is 70.5 Å². The van der Waals surface area contributed by atoms with Crippen LogP contribution in [-0.2, 0) is 21.1 Å². The lowest BCUT2D eigenvalue weighted by atomic mass is 9.86. The Bertz CT molecular complexity index is 2350. The number of ether oxygens (including phenoxy) is 4. The smallest absolute Gasteiger partial charge is 0.323 e. The summed E-state index contributed by atoms with van der Waals surface area (Å²) in [6.45, 7) is 13.9. The van der Waals surface area contributed by atoms with Crippen molar-refractivity contribution in [2.75, 3.05) is 73.9 Å². The number of methoxy groups -OCH3 is 2. The molecule has 4 aromatic carbocycles. The van der Waals surface area contributed by atoms with Crippen molar-refractivity contribution >= 4 is 62.3 Å². The van der Waals surface area contributed by atoms with Crippen LogP contribution in [0.25, 0.3) is 10.8 Å². The Kier molecular flexibility index (Phi) is 13.3. The van der Waals surface area contributed by atoms with Crippen LogP contribution in [0.3, 0.4) is 0 Å². The number of rotatable bonds is 14. The molecule has 1 unspecified atom stereocenters. The monoisotopic (exact) mass is 823 g/mol. The molecule has 0 saturated carbocycles. The zero-order valence-corrected chi connectivity index (χ0v) is 35.6. The Balaban J connectivity index is 1.13. The van der Waals surface area contributed by atoms with Crippen LogP contribution in [0.1, 0.15) is 50.5 Å². The van der Waals surface area contributed by atoms with Crippen LogP contribution in [0, 0.1) is 0 Å². The molecule has 15 heteroatoms. The average Bonchev–Trinajstić information content (AvgIpc) is 3.18. The molecule has 14 nitrogen and oxygen atoms in total.